The molecule has 0 fully saturated rings. The van der Waals surface area contributed by atoms with Crippen LogP contribution in [0.1, 0.15) is 22.3 Å². The molecule has 0 aliphatic carbocycles. The van der Waals surface area contributed by atoms with Crippen molar-refractivity contribution in [1.29, 1.82) is 0 Å². The second-order valence-electron chi connectivity index (χ2n) is 6.11. The molecule has 0 saturated heterocycles. The first kappa shape index (κ1) is 20.5. The van der Waals surface area contributed by atoms with Crippen molar-refractivity contribution in [2.45, 2.75) is 19.6 Å². The Morgan fingerprint density at radius 3 is 2.44 bits per heavy atom. The van der Waals surface area contributed by atoms with E-state index in [4.69, 9.17) is 10.5 Å². The van der Waals surface area contributed by atoms with Gasteiger partial charge in [-0.3, -0.25) is 9.59 Å². The highest BCUT2D eigenvalue weighted by Crippen LogP contribution is 2.15. The molecule has 0 unspecified atom stereocenters. The van der Waals surface area contributed by atoms with E-state index < -0.39 is 5.91 Å². The Kier molecular flexibility index (Phi) is 7.88. The molecule has 0 aliphatic rings. The van der Waals surface area contributed by atoms with Gasteiger partial charge in [-0.15, -0.1) is 11.8 Å². The number of benzene rings is 2. The molecule has 0 bridgehead atoms. The van der Waals surface area contributed by atoms with Gasteiger partial charge in [0.2, 0.25) is 5.91 Å². The van der Waals surface area contributed by atoms with Crippen LogP contribution in [0.5, 0.6) is 5.75 Å². The van der Waals surface area contributed by atoms with Crippen LogP contribution in [0.3, 0.4) is 0 Å². The lowest BCUT2D eigenvalue weighted by Gasteiger charge is -2.05. The maximum absolute atomic E-state index is 11.9. The summed E-state index contributed by atoms with van der Waals surface area (Å²) in [5, 5.41) is 3.95. The molecule has 142 valence electrons. The number of primary amides is 1. The van der Waals surface area contributed by atoms with Gasteiger partial charge in [0.1, 0.15) is 5.75 Å². The lowest BCUT2D eigenvalue weighted by atomic mass is 10.1. The number of carbonyl (C=O) groups is 2. The lowest BCUT2D eigenvalue weighted by Crippen LogP contribution is -2.20. The van der Waals surface area contributed by atoms with Gasteiger partial charge in [0.05, 0.1) is 12.0 Å². The quantitative estimate of drug-likeness (QED) is 0.512. The molecule has 27 heavy (non-hydrogen) atoms. The number of nitrogens with two attached hydrogens (primary N) is 1. The van der Waals surface area contributed by atoms with Crippen molar-refractivity contribution >= 4 is 29.8 Å². The molecule has 0 aromatic heterocycles. The zero-order chi connectivity index (χ0) is 19.6. The van der Waals surface area contributed by atoms with Crippen molar-refractivity contribution in [3.63, 3.8) is 0 Å². The average Bonchev–Trinajstić information content (AvgIpc) is 2.60. The second-order valence-corrected chi connectivity index (χ2v) is 7.09. The van der Waals surface area contributed by atoms with Crippen LogP contribution in [-0.4, -0.2) is 30.4 Å². The van der Waals surface area contributed by atoms with Gasteiger partial charge in [-0.2, -0.15) is 5.10 Å². The third-order valence-corrected chi connectivity index (χ3v) is 4.45. The SMILES string of the molecule is Cc1cc(C)cc(CSCC(=O)N/N=C\c2ccc(OCC(N)=O)cc2)c1. The van der Waals surface area contributed by atoms with Crippen LogP contribution in [0.15, 0.2) is 47.6 Å². The molecule has 0 aliphatic heterocycles. The molecule has 7 heteroatoms. The van der Waals surface area contributed by atoms with E-state index in [-0.39, 0.29) is 12.5 Å². The monoisotopic (exact) mass is 385 g/mol. The third-order valence-electron chi connectivity index (χ3n) is 3.45. The summed E-state index contributed by atoms with van der Waals surface area (Å²) in [7, 11) is 0. The number of carbonyl (C=O) groups excluding carboxylic acids is 2. The molecule has 0 heterocycles. The zero-order valence-electron chi connectivity index (χ0n) is 15.4. The lowest BCUT2D eigenvalue weighted by molar-refractivity contribution is -0.120. The largest absolute Gasteiger partial charge is 0.484 e. The molecule has 2 rings (SSSR count). The minimum Gasteiger partial charge on any atom is -0.484 e. The number of thioether (sulfide) groups is 1. The van der Waals surface area contributed by atoms with Gasteiger partial charge in [0.15, 0.2) is 6.61 Å². The standard InChI is InChI=1S/C20H23N3O3S/c1-14-7-15(2)9-17(8-14)12-27-13-20(25)23-22-10-16-3-5-18(6-4-16)26-11-19(21)24/h3-10H,11-13H2,1-2H3,(H2,21,24)(H,23,25)/b22-10-. The summed E-state index contributed by atoms with van der Waals surface area (Å²) in [6.07, 6.45) is 1.55. The van der Waals surface area contributed by atoms with Crippen LogP contribution in [0, 0.1) is 13.8 Å². The maximum Gasteiger partial charge on any atom is 0.255 e. The molecule has 0 spiro atoms. The van der Waals surface area contributed by atoms with E-state index >= 15 is 0 Å². The smallest absolute Gasteiger partial charge is 0.255 e. The Labute approximate surface area is 163 Å². The summed E-state index contributed by atoms with van der Waals surface area (Å²) in [6.45, 7) is 3.97. The molecule has 2 amide bonds. The molecule has 0 radical (unpaired) electrons. The first-order valence-electron chi connectivity index (χ1n) is 8.40. The van der Waals surface area contributed by atoms with Gasteiger partial charge >= 0.3 is 0 Å². The summed E-state index contributed by atoms with van der Waals surface area (Å²) in [6, 6.07) is 13.3. The number of hydrogen-bond acceptors (Lipinski definition) is 5. The van der Waals surface area contributed by atoms with Crippen molar-refractivity contribution in [3.8, 4) is 5.75 Å². The Morgan fingerprint density at radius 1 is 1.15 bits per heavy atom. The first-order chi connectivity index (χ1) is 12.9. The molecule has 2 aromatic rings. The fourth-order valence-electron chi connectivity index (χ4n) is 2.43. The normalized spacial score (nSPS) is 10.7. The third kappa shape index (κ3) is 7.96. The number of nitrogens with zero attached hydrogens (tertiary/aromatic N) is 1. The van der Waals surface area contributed by atoms with Crippen LogP contribution in [0.4, 0.5) is 0 Å². The summed E-state index contributed by atoms with van der Waals surface area (Å²) in [5.41, 5.74) is 12.0. The van der Waals surface area contributed by atoms with Crippen molar-refractivity contribution in [1.82, 2.24) is 5.43 Å². The molecule has 0 saturated carbocycles. The first-order valence-corrected chi connectivity index (χ1v) is 9.56. The van der Waals surface area contributed by atoms with Crippen molar-refractivity contribution in [2.24, 2.45) is 10.8 Å². The highest BCUT2D eigenvalue weighted by atomic mass is 32.2. The number of ether oxygens (including phenoxy) is 1. The zero-order valence-corrected chi connectivity index (χ0v) is 16.2. The summed E-state index contributed by atoms with van der Waals surface area (Å²) in [4.78, 5) is 22.5. The van der Waals surface area contributed by atoms with Gasteiger partial charge in [-0.05, 0) is 49.2 Å². The highest BCUT2D eigenvalue weighted by Gasteiger charge is 2.02. The van der Waals surface area contributed by atoms with Crippen molar-refractivity contribution in [2.75, 3.05) is 12.4 Å². The second kappa shape index (κ2) is 10.4. The number of hydrogen-bond donors (Lipinski definition) is 2. The maximum atomic E-state index is 11.9. The van der Waals surface area contributed by atoms with Crippen LogP contribution in [-0.2, 0) is 15.3 Å². The van der Waals surface area contributed by atoms with E-state index in [1.807, 2.05) is 0 Å². The van der Waals surface area contributed by atoms with Gasteiger partial charge in [0, 0.05) is 5.75 Å². The fourth-order valence-corrected chi connectivity index (χ4v) is 3.18. The van der Waals surface area contributed by atoms with E-state index in [9.17, 15) is 9.59 Å². The van der Waals surface area contributed by atoms with Crippen LogP contribution in [0.2, 0.25) is 0 Å². The molecule has 0 atom stereocenters. The number of aryl methyl sites for hydroxylation is 2. The molecular weight excluding hydrogens is 362 g/mol. The van der Waals surface area contributed by atoms with E-state index in [1.54, 1.807) is 42.2 Å². The predicted molar refractivity (Wildman–Crippen MR) is 109 cm³/mol. The van der Waals surface area contributed by atoms with Crippen molar-refractivity contribution < 1.29 is 14.3 Å². The molecule has 3 N–H and O–H groups in total. The summed E-state index contributed by atoms with van der Waals surface area (Å²) in [5.74, 6) is 0.981. The Bertz CT molecular complexity index is 799. The fraction of sp³-hybridized carbons (Fsp3) is 0.250. The van der Waals surface area contributed by atoms with Crippen molar-refractivity contribution in [3.05, 3.63) is 64.7 Å². The minimum atomic E-state index is -0.529. The number of nitrogens with one attached hydrogen (secondary N) is 1. The molecular formula is C20H23N3O3S. The minimum absolute atomic E-state index is 0.151. The Morgan fingerprint density at radius 2 is 1.81 bits per heavy atom. The molecule has 6 nitrogen and oxygen atoms in total. The van der Waals surface area contributed by atoms with E-state index in [0.717, 1.165) is 11.3 Å². The summed E-state index contributed by atoms with van der Waals surface area (Å²) >= 11 is 1.55. The average molecular weight is 385 g/mol. The van der Waals surface area contributed by atoms with Gasteiger partial charge < -0.3 is 10.5 Å². The summed E-state index contributed by atoms with van der Waals surface area (Å²) < 4.78 is 5.17. The Balaban J connectivity index is 1.72. The number of rotatable bonds is 9. The van der Waals surface area contributed by atoms with E-state index in [0.29, 0.717) is 11.5 Å². The van der Waals surface area contributed by atoms with E-state index in [2.05, 4.69) is 42.6 Å². The van der Waals surface area contributed by atoms with Gasteiger partial charge in [-0.25, -0.2) is 5.43 Å². The van der Waals surface area contributed by atoms with Gasteiger partial charge in [-0.1, -0.05) is 29.3 Å². The highest BCUT2D eigenvalue weighted by molar-refractivity contribution is 7.99. The number of amides is 2. The van der Waals surface area contributed by atoms with Gasteiger partial charge in [0.25, 0.3) is 5.91 Å². The van der Waals surface area contributed by atoms with Crippen LogP contribution >= 0.6 is 11.8 Å². The molecule has 2 aromatic carbocycles. The number of hydrazone groups is 1. The Hall–Kier alpha value is -2.80. The van der Waals surface area contributed by atoms with E-state index in [1.165, 1.54) is 16.7 Å². The predicted octanol–water partition coefficient (Wildman–Crippen LogP) is 2.55. The van der Waals surface area contributed by atoms with Crippen LogP contribution in [0.25, 0.3) is 0 Å². The topological polar surface area (TPSA) is 93.8 Å². The van der Waals surface area contributed by atoms with Crippen LogP contribution < -0.4 is 15.9 Å².